The Morgan fingerprint density at radius 2 is 1.85 bits per heavy atom. The third-order valence-electron chi connectivity index (χ3n) is 3.99. The largest absolute Gasteiger partial charge is 0.389 e. The molecule has 110 valence electrons. The highest BCUT2D eigenvalue weighted by atomic mass is 16.3. The van der Waals surface area contributed by atoms with Crippen molar-refractivity contribution in [2.75, 3.05) is 0 Å². The van der Waals surface area contributed by atoms with Gasteiger partial charge in [0.15, 0.2) is 0 Å². The minimum absolute atomic E-state index is 0.301. The van der Waals surface area contributed by atoms with E-state index in [1.807, 2.05) is 6.92 Å². The molecule has 1 unspecified atom stereocenters. The first-order valence-corrected chi connectivity index (χ1v) is 7.60. The van der Waals surface area contributed by atoms with Gasteiger partial charge in [-0.2, -0.15) is 0 Å². The zero-order valence-corrected chi connectivity index (χ0v) is 13.3. The van der Waals surface area contributed by atoms with Crippen molar-refractivity contribution < 1.29 is 5.11 Å². The SMILES string of the molecule is C/C=C(\C)C/C(CCc1ccccc1)=C(/C)C(O)CC. The van der Waals surface area contributed by atoms with Gasteiger partial charge in [-0.3, -0.25) is 0 Å². The van der Waals surface area contributed by atoms with E-state index in [0.29, 0.717) is 0 Å². The molecule has 0 saturated heterocycles. The van der Waals surface area contributed by atoms with E-state index >= 15 is 0 Å². The minimum atomic E-state index is -0.301. The summed E-state index contributed by atoms with van der Waals surface area (Å²) in [5.41, 5.74) is 5.28. The highest BCUT2D eigenvalue weighted by molar-refractivity contribution is 5.24. The van der Waals surface area contributed by atoms with Crippen LogP contribution in [0.2, 0.25) is 0 Å². The molecule has 0 aliphatic carbocycles. The molecule has 0 aromatic heterocycles. The van der Waals surface area contributed by atoms with Gasteiger partial charge in [-0.25, -0.2) is 0 Å². The maximum absolute atomic E-state index is 10.1. The van der Waals surface area contributed by atoms with Crippen LogP contribution in [0, 0.1) is 0 Å². The third-order valence-corrected chi connectivity index (χ3v) is 3.99. The van der Waals surface area contributed by atoms with Gasteiger partial charge in [0.25, 0.3) is 0 Å². The van der Waals surface area contributed by atoms with Crippen molar-refractivity contribution in [1.29, 1.82) is 0 Å². The topological polar surface area (TPSA) is 20.2 Å². The van der Waals surface area contributed by atoms with Gasteiger partial charge in [-0.05, 0) is 57.6 Å². The summed E-state index contributed by atoms with van der Waals surface area (Å²) in [4.78, 5) is 0. The van der Waals surface area contributed by atoms with Crippen LogP contribution >= 0.6 is 0 Å². The van der Waals surface area contributed by atoms with Crippen LogP contribution in [0.4, 0.5) is 0 Å². The normalized spacial score (nSPS) is 14.9. The number of aryl methyl sites for hydroxylation is 1. The summed E-state index contributed by atoms with van der Waals surface area (Å²) in [5.74, 6) is 0. The molecular weight excluding hydrogens is 244 g/mol. The van der Waals surface area contributed by atoms with E-state index in [4.69, 9.17) is 0 Å². The molecule has 1 heteroatoms. The molecule has 0 saturated carbocycles. The van der Waals surface area contributed by atoms with Gasteiger partial charge in [0.2, 0.25) is 0 Å². The molecule has 1 aromatic carbocycles. The van der Waals surface area contributed by atoms with Crippen molar-refractivity contribution in [1.82, 2.24) is 0 Å². The van der Waals surface area contributed by atoms with Crippen LogP contribution in [0.25, 0.3) is 0 Å². The molecule has 0 aliphatic heterocycles. The summed E-state index contributed by atoms with van der Waals surface area (Å²) in [6, 6.07) is 10.6. The lowest BCUT2D eigenvalue weighted by Crippen LogP contribution is -2.09. The van der Waals surface area contributed by atoms with Crippen LogP contribution in [0.3, 0.4) is 0 Å². The zero-order chi connectivity index (χ0) is 15.0. The summed E-state index contributed by atoms with van der Waals surface area (Å²) in [6.07, 6.45) is 5.69. The van der Waals surface area contributed by atoms with Crippen LogP contribution in [-0.4, -0.2) is 11.2 Å². The number of allylic oxidation sites excluding steroid dienone is 3. The second-order valence-electron chi connectivity index (χ2n) is 5.51. The van der Waals surface area contributed by atoms with E-state index in [1.54, 1.807) is 0 Å². The average Bonchev–Trinajstić information content (AvgIpc) is 2.50. The average molecular weight is 272 g/mol. The van der Waals surface area contributed by atoms with Gasteiger partial charge in [0.05, 0.1) is 6.10 Å². The van der Waals surface area contributed by atoms with Crippen molar-refractivity contribution >= 4 is 0 Å². The lowest BCUT2D eigenvalue weighted by molar-refractivity contribution is 0.205. The fourth-order valence-electron chi connectivity index (χ4n) is 2.35. The Morgan fingerprint density at radius 3 is 2.40 bits per heavy atom. The van der Waals surface area contributed by atoms with Crippen LogP contribution in [0.1, 0.15) is 52.5 Å². The van der Waals surface area contributed by atoms with E-state index in [1.165, 1.54) is 16.7 Å². The molecule has 0 spiro atoms. The first-order chi connectivity index (χ1) is 9.58. The van der Waals surface area contributed by atoms with E-state index in [0.717, 1.165) is 31.3 Å². The predicted molar refractivity (Wildman–Crippen MR) is 87.8 cm³/mol. The smallest absolute Gasteiger partial charge is 0.0747 e. The molecule has 0 amide bonds. The quantitative estimate of drug-likeness (QED) is 0.688. The van der Waals surface area contributed by atoms with Crippen LogP contribution in [-0.2, 0) is 6.42 Å². The lowest BCUT2D eigenvalue weighted by Gasteiger charge is -2.17. The van der Waals surface area contributed by atoms with Crippen LogP contribution in [0.15, 0.2) is 53.1 Å². The van der Waals surface area contributed by atoms with Gasteiger partial charge in [0, 0.05) is 0 Å². The Balaban J connectivity index is 2.83. The molecule has 0 aliphatic rings. The highest BCUT2D eigenvalue weighted by Gasteiger charge is 2.10. The Bertz CT molecular complexity index is 454. The van der Waals surface area contributed by atoms with Crippen molar-refractivity contribution in [2.45, 2.75) is 59.5 Å². The Kier molecular flexibility index (Phi) is 7.32. The number of hydrogen-bond acceptors (Lipinski definition) is 1. The molecule has 1 N–H and O–H groups in total. The fraction of sp³-hybridized carbons (Fsp3) is 0.474. The monoisotopic (exact) mass is 272 g/mol. The van der Waals surface area contributed by atoms with Crippen molar-refractivity contribution in [3.05, 3.63) is 58.7 Å². The molecular formula is C19H28O. The van der Waals surface area contributed by atoms with Gasteiger partial charge >= 0.3 is 0 Å². The fourth-order valence-corrected chi connectivity index (χ4v) is 2.35. The minimum Gasteiger partial charge on any atom is -0.389 e. The van der Waals surface area contributed by atoms with E-state index in [-0.39, 0.29) is 6.10 Å². The molecule has 20 heavy (non-hydrogen) atoms. The second-order valence-corrected chi connectivity index (χ2v) is 5.51. The standard InChI is InChI=1S/C19H28O/c1-5-15(3)14-18(16(4)19(20)6-2)13-12-17-10-8-7-9-11-17/h5,7-11,19-20H,6,12-14H2,1-4H3/b15-5+,18-16-. The molecule has 0 heterocycles. The maximum Gasteiger partial charge on any atom is 0.0747 e. The Morgan fingerprint density at radius 1 is 1.20 bits per heavy atom. The van der Waals surface area contributed by atoms with Crippen LogP contribution < -0.4 is 0 Å². The molecule has 1 aromatic rings. The Hall–Kier alpha value is -1.34. The van der Waals surface area contributed by atoms with Gasteiger partial charge < -0.3 is 5.11 Å². The lowest BCUT2D eigenvalue weighted by atomic mass is 9.92. The molecule has 1 atom stereocenters. The van der Waals surface area contributed by atoms with E-state index in [9.17, 15) is 5.11 Å². The van der Waals surface area contributed by atoms with Crippen LogP contribution in [0.5, 0.6) is 0 Å². The maximum atomic E-state index is 10.1. The molecule has 0 fully saturated rings. The number of benzene rings is 1. The van der Waals surface area contributed by atoms with Crippen molar-refractivity contribution in [2.24, 2.45) is 0 Å². The van der Waals surface area contributed by atoms with Crippen molar-refractivity contribution in [3.63, 3.8) is 0 Å². The molecule has 1 nitrogen and oxygen atoms in total. The summed E-state index contributed by atoms with van der Waals surface area (Å²) < 4.78 is 0. The molecule has 0 radical (unpaired) electrons. The van der Waals surface area contributed by atoms with Gasteiger partial charge in [-0.1, -0.05) is 54.5 Å². The van der Waals surface area contributed by atoms with E-state index < -0.39 is 0 Å². The predicted octanol–water partition coefficient (Wildman–Crippen LogP) is 5.06. The second kappa shape index (κ2) is 8.76. The Labute approximate surface area is 124 Å². The number of rotatable bonds is 7. The third kappa shape index (κ3) is 5.34. The zero-order valence-electron chi connectivity index (χ0n) is 13.3. The van der Waals surface area contributed by atoms with Gasteiger partial charge in [-0.15, -0.1) is 0 Å². The number of aliphatic hydroxyl groups excluding tert-OH is 1. The summed E-state index contributed by atoms with van der Waals surface area (Å²) in [5, 5.41) is 10.1. The van der Waals surface area contributed by atoms with Gasteiger partial charge in [0.1, 0.15) is 0 Å². The molecule has 1 rings (SSSR count). The molecule has 0 bridgehead atoms. The highest BCUT2D eigenvalue weighted by Crippen LogP contribution is 2.23. The number of hydrogen-bond donors (Lipinski definition) is 1. The summed E-state index contributed by atoms with van der Waals surface area (Å²) in [6.45, 7) is 8.35. The summed E-state index contributed by atoms with van der Waals surface area (Å²) in [7, 11) is 0. The first-order valence-electron chi connectivity index (χ1n) is 7.60. The van der Waals surface area contributed by atoms with Crippen molar-refractivity contribution in [3.8, 4) is 0 Å². The summed E-state index contributed by atoms with van der Waals surface area (Å²) >= 11 is 0. The first kappa shape index (κ1) is 16.7. The number of aliphatic hydroxyl groups is 1. The van der Waals surface area contributed by atoms with E-state index in [2.05, 4.69) is 57.2 Å².